The average Bonchev–Trinajstić information content (AvgIpc) is 3.01. The second-order valence-corrected chi connectivity index (χ2v) is 7.66. The highest BCUT2D eigenvalue weighted by molar-refractivity contribution is 6.35. The number of ether oxygens (including phenoxy) is 1. The number of rotatable bonds is 10. The standard InChI is InChI=1S/C22H29N3O5/c1-2-3-15-30-16-7-14-24-21(26)19(17-8-10-18(11-9-17)25(28)29)20(22(24)27)23-12-5-4-6-13-23/h8-11H,2-7,12-16H2,1H3. The maximum Gasteiger partial charge on any atom is 0.277 e. The van der Waals surface area contributed by atoms with Crippen molar-refractivity contribution < 1.29 is 19.2 Å². The van der Waals surface area contributed by atoms with Crippen LogP contribution in [0.5, 0.6) is 0 Å². The van der Waals surface area contributed by atoms with Crippen molar-refractivity contribution in [2.24, 2.45) is 0 Å². The van der Waals surface area contributed by atoms with Gasteiger partial charge < -0.3 is 9.64 Å². The summed E-state index contributed by atoms with van der Waals surface area (Å²) < 4.78 is 5.56. The van der Waals surface area contributed by atoms with Gasteiger partial charge in [0.1, 0.15) is 5.70 Å². The molecule has 3 rings (SSSR count). The number of piperidine rings is 1. The zero-order valence-electron chi connectivity index (χ0n) is 17.5. The molecule has 8 nitrogen and oxygen atoms in total. The van der Waals surface area contributed by atoms with E-state index in [9.17, 15) is 19.7 Å². The molecule has 162 valence electrons. The van der Waals surface area contributed by atoms with E-state index in [0.29, 0.717) is 43.0 Å². The number of carbonyl (C=O) groups excluding carboxylic acids is 2. The molecule has 0 spiro atoms. The third-order valence-electron chi connectivity index (χ3n) is 5.50. The van der Waals surface area contributed by atoms with Gasteiger partial charge in [0.05, 0.1) is 10.5 Å². The van der Waals surface area contributed by atoms with Gasteiger partial charge in [-0.2, -0.15) is 0 Å². The summed E-state index contributed by atoms with van der Waals surface area (Å²) in [6.07, 6.45) is 5.70. The molecule has 0 saturated carbocycles. The van der Waals surface area contributed by atoms with Crippen molar-refractivity contribution in [3.8, 4) is 0 Å². The predicted molar refractivity (Wildman–Crippen MR) is 113 cm³/mol. The Hall–Kier alpha value is -2.74. The molecule has 1 aromatic rings. The van der Waals surface area contributed by atoms with Crippen molar-refractivity contribution >= 4 is 23.1 Å². The lowest BCUT2D eigenvalue weighted by molar-refractivity contribution is -0.384. The summed E-state index contributed by atoms with van der Waals surface area (Å²) in [5, 5.41) is 11.0. The summed E-state index contributed by atoms with van der Waals surface area (Å²) in [6.45, 7) is 5.06. The van der Waals surface area contributed by atoms with E-state index in [0.717, 1.165) is 45.2 Å². The Morgan fingerprint density at radius 1 is 1.00 bits per heavy atom. The second kappa shape index (κ2) is 10.3. The van der Waals surface area contributed by atoms with Crippen molar-refractivity contribution in [2.75, 3.05) is 32.8 Å². The topological polar surface area (TPSA) is 93.0 Å². The molecule has 0 N–H and O–H groups in total. The van der Waals surface area contributed by atoms with Gasteiger partial charge in [0.2, 0.25) is 0 Å². The summed E-state index contributed by atoms with van der Waals surface area (Å²) in [5.74, 6) is -0.605. The van der Waals surface area contributed by atoms with E-state index < -0.39 is 4.92 Å². The molecule has 2 heterocycles. The van der Waals surface area contributed by atoms with Crippen LogP contribution in [0.15, 0.2) is 30.0 Å². The van der Waals surface area contributed by atoms with Crippen molar-refractivity contribution in [2.45, 2.75) is 45.4 Å². The predicted octanol–water partition coefficient (Wildman–Crippen LogP) is 3.37. The SMILES string of the molecule is CCCCOCCCN1C(=O)C(c2ccc([N+](=O)[O-])cc2)=C(N2CCCCC2)C1=O. The summed E-state index contributed by atoms with van der Waals surface area (Å²) in [6, 6.07) is 5.86. The van der Waals surface area contributed by atoms with Crippen LogP contribution in [-0.4, -0.2) is 59.4 Å². The van der Waals surface area contributed by atoms with Crippen LogP contribution in [0.25, 0.3) is 5.57 Å². The highest BCUT2D eigenvalue weighted by atomic mass is 16.6. The van der Waals surface area contributed by atoms with E-state index in [1.54, 1.807) is 12.1 Å². The first-order chi connectivity index (χ1) is 14.5. The van der Waals surface area contributed by atoms with Crippen LogP contribution in [0.2, 0.25) is 0 Å². The Balaban J connectivity index is 1.81. The number of nitrogens with zero attached hydrogens (tertiary/aromatic N) is 3. The number of imide groups is 1. The van der Waals surface area contributed by atoms with Gasteiger partial charge in [0.25, 0.3) is 17.5 Å². The van der Waals surface area contributed by atoms with Gasteiger partial charge in [-0.25, -0.2) is 0 Å². The summed E-state index contributed by atoms with van der Waals surface area (Å²) in [7, 11) is 0. The van der Waals surface area contributed by atoms with Crippen LogP contribution in [0, 0.1) is 10.1 Å². The molecular weight excluding hydrogens is 386 g/mol. The number of hydrogen-bond donors (Lipinski definition) is 0. The molecular formula is C22H29N3O5. The van der Waals surface area contributed by atoms with E-state index in [4.69, 9.17) is 4.74 Å². The molecule has 0 aromatic heterocycles. The number of unbranched alkanes of at least 4 members (excludes halogenated alkanes) is 1. The fourth-order valence-electron chi connectivity index (χ4n) is 3.86. The van der Waals surface area contributed by atoms with Gasteiger partial charge in [0, 0.05) is 45.0 Å². The van der Waals surface area contributed by atoms with Crippen LogP contribution in [0.1, 0.15) is 51.0 Å². The molecule has 1 aromatic carbocycles. The molecule has 30 heavy (non-hydrogen) atoms. The third-order valence-corrected chi connectivity index (χ3v) is 5.50. The average molecular weight is 415 g/mol. The number of amides is 2. The smallest absolute Gasteiger partial charge is 0.277 e. The molecule has 8 heteroatoms. The molecule has 0 radical (unpaired) electrons. The van der Waals surface area contributed by atoms with Gasteiger partial charge in [-0.15, -0.1) is 0 Å². The number of non-ortho nitro benzene ring substituents is 1. The number of carbonyl (C=O) groups is 2. The van der Waals surface area contributed by atoms with Crippen LogP contribution >= 0.6 is 0 Å². The largest absolute Gasteiger partial charge is 0.381 e. The molecule has 2 aliphatic rings. The van der Waals surface area contributed by atoms with E-state index in [1.807, 2.05) is 4.90 Å². The van der Waals surface area contributed by atoms with Crippen molar-refractivity contribution in [1.29, 1.82) is 0 Å². The van der Waals surface area contributed by atoms with Crippen molar-refractivity contribution in [3.05, 3.63) is 45.6 Å². The lowest BCUT2D eigenvalue weighted by Crippen LogP contribution is -2.37. The van der Waals surface area contributed by atoms with E-state index in [1.165, 1.54) is 17.0 Å². The number of benzene rings is 1. The molecule has 0 aliphatic carbocycles. The molecule has 2 amide bonds. The Morgan fingerprint density at radius 3 is 2.30 bits per heavy atom. The maximum absolute atomic E-state index is 13.2. The lowest BCUT2D eigenvalue weighted by atomic mass is 10.0. The molecule has 0 atom stereocenters. The highest BCUT2D eigenvalue weighted by Gasteiger charge is 2.41. The third kappa shape index (κ3) is 4.87. The number of hydrogen-bond acceptors (Lipinski definition) is 6. The van der Waals surface area contributed by atoms with Gasteiger partial charge in [-0.1, -0.05) is 13.3 Å². The first-order valence-corrected chi connectivity index (χ1v) is 10.7. The molecule has 1 fully saturated rings. The summed E-state index contributed by atoms with van der Waals surface area (Å²) in [5.41, 5.74) is 1.28. The first-order valence-electron chi connectivity index (χ1n) is 10.7. The maximum atomic E-state index is 13.2. The Morgan fingerprint density at radius 2 is 1.67 bits per heavy atom. The second-order valence-electron chi connectivity index (χ2n) is 7.66. The first kappa shape index (κ1) is 22.0. The summed E-state index contributed by atoms with van der Waals surface area (Å²) in [4.78, 5) is 40.2. The van der Waals surface area contributed by atoms with E-state index >= 15 is 0 Å². The van der Waals surface area contributed by atoms with Gasteiger partial charge in [0.15, 0.2) is 0 Å². The highest BCUT2D eigenvalue weighted by Crippen LogP contribution is 2.33. The summed E-state index contributed by atoms with van der Waals surface area (Å²) >= 11 is 0. The van der Waals surface area contributed by atoms with E-state index in [2.05, 4.69) is 6.92 Å². The van der Waals surface area contributed by atoms with Crippen LogP contribution in [0.4, 0.5) is 5.69 Å². The number of nitro benzene ring substituents is 1. The zero-order chi connectivity index (χ0) is 21.5. The normalized spacial score (nSPS) is 17.2. The van der Waals surface area contributed by atoms with Gasteiger partial charge in [-0.3, -0.25) is 24.6 Å². The van der Waals surface area contributed by atoms with Gasteiger partial charge in [-0.05, 0) is 49.8 Å². The number of likely N-dealkylation sites (tertiary alicyclic amines) is 1. The minimum absolute atomic E-state index is 0.0447. The lowest BCUT2D eigenvalue weighted by Gasteiger charge is -2.29. The van der Waals surface area contributed by atoms with Crippen LogP contribution in [-0.2, 0) is 14.3 Å². The molecule has 1 saturated heterocycles. The minimum Gasteiger partial charge on any atom is -0.381 e. The van der Waals surface area contributed by atoms with E-state index in [-0.39, 0.29) is 17.5 Å². The Labute approximate surface area is 176 Å². The van der Waals surface area contributed by atoms with Crippen molar-refractivity contribution in [1.82, 2.24) is 9.80 Å². The molecule has 2 aliphatic heterocycles. The zero-order valence-corrected chi connectivity index (χ0v) is 17.5. The monoisotopic (exact) mass is 415 g/mol. The Bertz CT molecular complexity index is 813. The molecule has 0 bridgehead atoms. The Kier molecular flexibility index (Phi) is 7.57. The van der Waals surface area contributed by atoms with Crippen molar-refractivity contribution in [3.63, 3.8) is 0 Å². The fourth-order valence-corrected chi connectivity index (χ4v) is 3.86. The van der Waals surface area contributed by atoms with Crippen LogP contribution < -0.4 is 0 Å². The van der Waals surface area contributed by atoms with Crippen LogP contribution in [0.3, 0.4) is 0 Å². The fraction of sp³-hybridized carbons (Fsp3) is 0.545. The molecule has 0 unspecified atom stereocenters. The minimum atomic E-state index is -0.476. The number of nitro groups is 1. The van der Waals surface area contributed by atoms with Gasteiger partial charge >= 0.3 is 0 Å². The quantitative estimate of drug-likeness (QED) is 0.252.